The highest BCUT2D eigenvalue weighted by molar-refractivity contribution is 6.50. The monoisotopic (exact) mass is 404 g/mol. The number of aromatic nitrogens is 2. The molecule has 0 fully saturated rings. The fourth-order valence-electron chi connectivity index (χ4n) is 2.55. The topological polar surface area (TPSA) is 64.2 Å². The molecule has 0 radical (unpaired) electrons. The number of aromatic amines is 1. The molecule has 0 atom stereocenters. The molecule has 3 aromatic rings. The van der Waals surface area contributed by atoms with Crippen molar-refractivity contribution in [2.75, 3.05) is 13.7 Å². The first-order valence-corrected chi connectivity index (χ1v) is 9.15. The average Bonchev–Trinajstić information content (AvgIpc) is 2.66. The van der Waals surface area contributed by atoms with E-state index in [2.05, 4.69) is 9.97 Å². The number of methoxy groups -OCH3 is 1. The van der Waals surface area contributed by atoms with Crippen molar-refractivity contribution in [1.29, 1.82) is 0 Å². The van der Waals surface area contributed by atoms with Crippen LogP contribution in [-0.4, -0.2) is 23.7 Å². The lowest BCUT2D eigenvalue weighted by Gasteiger charge is -2.10. The minimum absolute atomic E-state index is 0.265. The van der Waals surface area contributed by atoms with Gasteiger partial charge in [-0.3, -0.25) is 4.79 Å². The average molecular weight is 405 g/mol. The standard InChI is InChI=1S/C20H18Cl2N2O3/c1-3-8-27-17-7-4-12(10-18(17)26-2)9-15(22)19-23-16-11-13(21)5-6-14(16)20(25)24-19/h4-7,9-11H,3,8H2,1-2H3,(H,23,24,25)/b15-9-. The molecule has 1 N–H and O–H groups in total. The number of benzene rings is 2. The van der Waals surface area contributed by atoms with Crippen molar-refractivity contribution < 1.29 is 9.47 Å². The predicted octanol–water partition coefficient (Wildman–Crippen LogP) is 5.11. The summed E-state index contributed by atoms with van der Waals surface area (Å²) in [6.07, 6.45) is 2.60. The molecule has 140 valence electrons. The molecule has 3 rings (SSSR count). The first kappa shape index (κ1) is 19.3. The van der Waals surface area contributed by atoms with E-state index in [9.17, 15) is 4.79 Å². The second-order valence-electron chi connectivity index (χ2n) is 5.83. The van der Waals surface area contributed by atoms with Gasteiger partial charge in [-0.05, 0) is 48.4 Å². The molecule has 27 heavy (non-hydrogen) atoms. The summed E-state index contributed by atoms with van der Waals surface area (Å²) in [5, 5.41) is 1.24. The zero-order valence-corrected chi connectivity index (χ0v) is 16.4. The third kappa shape index (κ3) is 4.43. The summed E-state index contributed by atoms with van der Waals surface area (Å²) in [7, 11) is 1.58. The van der Waals surface area contributed by atoms with E-state index in [1.807, 2.05) is 25.1 Å². The van der Waals surface area contributed by atoms with Crippen LogP contribution in [0.1, 0.15) is 24.7 Å². The highest BCUT2D eigenvalue weighted by atomic mass is 35.5. The minimum Gasteiger partial charge on any atom is -0.493 e. The van der Waals surface area contributed by atoms with Crippen LogP contribution in [0.15, 0.2) is 41.2 Å². The number of rotatable bonds is 6. The SMILES string of the molecule is CCCOc1ccc(/C=C(\Cl)c2nc3cc(Cl)ccc3c(=O)[nH]2)cc1OC. The zero-order chi connectivity index (χ0) is 19.4. The molecule has 1 heterocycles. The number of hydrogen-bond donors (Lipinski definition) is 1. The van der Waals surface area contributed by atoms with E-state index < -0.39 is 0 Å². The number of halogens is 2. The Morgan fingerprint density at radius 2 is 2.04 bits per heavy atom. The summed E-state index contributed by atoms with van der Waals surface area (Å²) in [5.41, 5.74) is 0.988. The van der Waals surface area contributed by atoms with Gasteiger partial charge in [-0.25, -0.2) is 4.98 Å². The van der Waals surface area contributed by atoms with Gasteiger partial charge < -0.3 is 14.5 Å². The lowest BCUT2D eigenvalue weighted by Crippen LogP contribution is -2.10. The second-order valence-corrected chi connectivity index (χ2v) is 6.67. The van der Waals surface area contributed by atoms with Crippen molar-refractivity contribution in [3.63, 3.8) is 0 Å². The van der Waals surface area contributed by atoms with Crippen molar-refractivity contribution in [3.05, 3.63) is 63.2 Å². The summed E-state index contributed by atoms with van der Waals surface area (Å²) in [5.74, 6) is 1.54. The molecule has 0 aliphatic carbocycles. The molecule has 0 bridgehead atoms. The van der Waals surface area contributed by atoms with Gasteiger partial charge in [0.05, 0.1) is 29.7 Å². The number of H-pyrrole nitrogens is 1. The fourth-order valence-corrected chi connectivity index (χ4v) is 2.93. The third-order valence-electron chi connectivity index (χ3n) is 3.84. The van der Waals surface area contributed by atoms with E-state index in [0.717, 1.165) is 12.0 Å². The van der Waals surface area contributed by atoms with Gasteiger partial charge >= 0.3 is 0 Å². The maximum atomic E-state index is 12.3. The van der Waals surface area contributed by atoms with Crippen molar-refractivity contribution >= 4 is 45.2 Å². The Morgan fingerprint density at radius 1 is 1.22 bits per heavy atom. The van der Waals surface area contributed by atoms with Crippen LogP contribution in [0.25, 0.3) is 22.0 Å². The molecule has 0 spiro atoms. The van der Waals surface area contributed by atoms with Crippen LogP contribution >= 0.6 is 23.2 Å². The molecule has 0 aliphatic rings. The van der Waals surface area contributed by atoms with Gasteiger partial charge in [-0.15, -0.1) is 0 Å². The molecular weight excluding hydrogens is 387 g/mol. The first-order valence-electron chi connectivity index (χ1n) is 8.39. The van der Waals surface area contributed by atoms with Crippen LogP contribution in [0.5, 0.6) is 11.5 Å². The number of nitrogens with one attached hydrogen (secondary N) is 1. The summed E-state index contributed by atoms with van der Waals surface area (Å²) in [4.78, 5) is 19.3. The molecule has 2 aromatic carbocycles. The van der Waals surface area contributed by atoms with Gasteiger partial charge in [0, 0.05) is 5.02 Å². The van der Waals surface area contributed by atoms with Crippen LogP contribution < -0.4 is 15.0 Å². The molecule has 0 aliphatic heterocycles. The van der Waals surface area contributed by atoms with Crippen LogP contribution in [0.4, 0.5) is 0 Å². The Kier molecular flexibility index (Phi) is 6.04. The number of hydrogen-bond acceptors (Lipinski definition) is 4. The maximum absolute atomic E-state index is 12.3. The van der Waals surface area contributed by atoms with E-state index in [4.69, 9.17) is 32.7 Å². The lowest BCUT2D eigenvalue weighted by atomic mass is 10.2. The van der Waals surface area contributed by atoms with Crippen LogP contribution in [0.3, 0.4) is 0 Å². The van der Waals surface area contributed by atoms with E-state index >= 15 is 0 Å². The summed E-state index contributed by atoms with van der Waals surface area (Å²) >= 11 is 12.4. The van der Waals surface area contributed by atoms with Crippen molar-refractivity contribution in [3.8, 4) is 11.5 Å². The maximum Gasteiger partial charge on any atom is 0.259 e. The van der Waals surface area contributed by atoms with E-state index in [-0.39, 0.29) is 11.4 Å². The molecular formula is C20H18Cl2N2O3. The van der Waals surface area contributed by atoms with Crippen molar-refractivity contribution in [1.82, 2.24) is 9.97 Å². The van der Waals surface area contributed by atoms with E-state index in [1.165, 1.54) is 0 Å². The second kappa shape index (κ2) is 8.46. The first-order chi connectivity index (χ1) is 13.0. The molecule has 7 heteroatoms. The Labute approximate surface area is 166 Å². The lowest BCUT2D eigenvalue weighted by molar-refractivity contribution is 0.294. The van der Waals surface area contributed by atoms with Crippen LogP contribution in [-0.2, 0) is 0 Å². The summed E-state index contributed by atoms with van der Waals surface area (Å²) in [6.45, 7) is 2.64. The largest absolute Gasteiger partial charge is 0.493 e. The van der Waals surface area contributed by atoms with Gasteiger partial charge in [0.2, 0.25) is 0 Å². The van der Waals surface area contributed by atoms with Gasteiger partial charge in [-0.2, -0.15) is 0 Å². The molecule has 0 unspecified atom stereocenters. The normalized spacial score (nSPS) is 11.6. The van der Waals surface area contributed by atoms with Crippen LogP contribution in [0, 0.1) is 0 Å². The zero-order valence-electron chi connectivity index (χ0n) is 14.9. The van der Waals surface area contributed by atoms with Crippen LogP contribution in [0.2, 0.25) is 5.02 Å². The van der Waals surface area contributed by atoms with Crippen molar-refractivity contribution in [2.45, 2.75) is 13.3 Å². The summed E-state index contributed by atoms with van der Waals surface area (Å²) in [6, 6.07) is 10.4. The van der Waals surface area contributed by atoms with E-state index in [1.54, 1.807) is 31.4 Å². The van der Waals surface area contributed by atoms with Gasteiger partial charge in [-0.1, -0.05) is 36.2 Å². The Bertz CT molecular complexity index is 1060. The smallest absolute Gasteiger partial charge is 0.259 e. The molecule has 1 aromatic heterocycles. The third-order valence-corrected chi connectivity index (χ3v) is 4.36. The Morgan fingerprint density at radius 3 is 2.78 bits per heavy atom. The highest BCUT2D eigenvalue weighted by Gasteiger charge is 2.09. The number of nitrogens with zero attached hydrogens (tertiary/aromatic N) is 1. The number of ether oxygens (including phenoxy) is 2. The molecule has 0 amide bonds. The quantitative estimate of drug-likeness (QED) is 0.619. The Balaban J connectivity index is 1.97. The Hall–Kier alpha value is -2.50. The predicted molar refractivity (Wildman–Crippen MR) is 110 cm³/mol. The van der Waals surface area contributed by atoms with Gasteiger partial charge in [0.15, 0.2) is 17.3 Å². The number of fused-ring (bicyclic) bond motifs is 1. The molecule has 5 nitrogen and oxygen atoms in total. The molecule has 0 saturated heterocycles. The fraction of sp³-hybridized carbons (Fsp3) is 0.200. The highest BCUT2D eigenvalue weighted by Crippen LogP contribution is 2.30. The van der Waals surface area contributed by atoms with Gasteiger partial charge in [0.1, 0.15) is 0 Å². The van der Waals surface area contributed by atoms with Gasteiger partial charge in [0.25, 0.3) is 5.56 Å². The molecule has 0 saturated carbocycles. The van der Waals surface area contributed by atoms with Crippen molar-refractivity contribution in [2.24, 2.45) is 0 Å². The minimum atomic E-state index is -0.279. The van der Waals surface area contributed by atoms with E-state index in [0.29, 0.717) is 39.1 Å². The summed E-state index contributed by atoms with van der Waals surface area (Å²) < 4.78 is 11.0.